The Morgan fingerprint density at radius 3 is 2.86 bits per heavy atom. The van der Waals surface area contributed by atoms with Gasteiger partial charge in [-0.3, -0.25) is 0 Å². The van der Waals surface area contributed by atoms with Gasteiger partial charge in [0, 0.05) is 32.4 Å². The molecule has 0 fully saturated rings. The molecule has 21 heavy (non-hydrogen) atoms. The zero-order chi connectivity index (χ0) is 15.5. The van der Waals surface area contributed by atoms with Crippen molar-refractivity contribution in [2.24, 2.45) is 0 Å². The summed E-state index contributed by atoms with van der Waals surface area (Å²) in [4.78, 5) is 0. The molecule has 0 saturated heterocycles. The highest BCUT2D eigenvalue weighted by molar-refractivity contribution is 6.32. The van der Waals surface area contributed by atoms with Crippen molar-refractivity contribution >= 4 is 11.6 Å². The largest absolute Gasteiger partial charge is 0.489 e. The number of rotatable bonds is 11. The van der Waals surface area contributed by atoms with E-state index in [1.54, 1.807) is 13.2 Å². The Hall–Kier alpha value is -0.850. The summed E-state index contributed by atoms with van der Waals surface area (Å²) in [6.07, 6.45) is -0.671. The van der Waals surface area contributed by atoms with Crippen molar-refractivity contribution in [2.45, 2.75) is 19.6 Å². The SMILES string of the molecule is CCOCC(O)COc1c(Cl)cccc1CNCCOC. The predicted octanol–water partition coefficient (Wildman–Crippen LogP) is 1.85. The minimum absolute atomic E-state index is 0.148. The van der Waals surface area contributed by atoms with E-state index >= 15 is 0 Å². The van der Waals surface area contributed by atoms with E-state index in [4.69, 9.17) is 25.8 Å². The van der Waals surface area contributed by atoms with Gasteiger partial charge in [-0.25, -0.2) is 0 Å². The van der Waals surface area contributed by atoms with E-state index in [9.17, 15) is 5.11 Å². The van der Waals surface area contributed by atoms with E-state index in [0.29, 0.717) is 30.5 Å². The number of ether oxygens (including phenoxy) is 3. The van der Waals surface area contributed by atoms with Crippen LogP contribution in [0, 0.1) is 0 Å². The average Bonchev–Trinajstić information content (AvgIpc) is 2.48. The highest BCUT2D eigenvalue weighted by Crippen LogP contribution is 2.28. The van der Waals surface area contributed by atoms with Crippen molar-refractivity contribution in [3.63, 3.8) is 0 Å². The van der Waals surface area contributed by atoms with Crippen LogP contribution in [0.3, 0.4) is 0 Å². The van der Waals surface area contributed by atoms with Gasteiger partial charge in [0.1, 0.15) is 18.5 Å². The van der Waals surface area contributed by atoms with Gasteiger partial charge in [-0.2, -0.15) is 0 Å². The number of aliphatic hydroxyl groups excluding tert-OH is 1. The van der Waals surface area contributed by atoms with Gasteiger partial charge in [-0.05, 0) is 13.0 Å². The number of para-hydroxylation sites is 1. The smallest absolute Gasteiger partial charge is 0.142 e. The summed E-state index contributed by atoms with van der Waals surface area (Å²) < 4.78 is 15.8. The molecule has 1 aromatic carbocycles. The fourth-order valence-corrected chi connectivity index (χ4v) is 1.98. The maximum absolute atomic E-state index is 9.74. The summed E-state index contributed by atoms with van der Waals surface area (Å²) in [5, 5.41) is 13.5. The van der Waals surface area contributed by atoms with Crippen molar-refractivity contribution in [1.82, 2.24) is 5.32 Å². The third-order valence-corrected chi connectivity index (χ3v) is 3.08. The van der Waals surface area contributed by atoms with Gasteiger partial charge in [0.05, 0.1) is 18.2 Å². The highest BCUT2D eigenvalue weighted by Gasteiger charge is 2.11. The predicted molar refractivity (Wildman–Crippen MR) is 83.0 cm³/mol. The minimum Gasteiger partial charge on any atom is -0.489 e. The summed E-state index contributed by atoms with van der Waals surface area (Å²) in [7, 11) is 1.66. The lowest BCUT2D eigenvalue weighted by Gasteiger charge is -2.16. The van der Waals surface area contributed by atoms with Gasteiger partial charge in [-0.15, -0.1) is 0 Å². The zero-order valence-corrected chi connectivity index (χ0v) is 13.4. The second kappa shape index (κ2) is 10.8. The van der Waals surface area contributed by atoms with Crippen molar-refractivity contribution in [3.8, 4) is 5.75 Å². The van der Waals surface area contributed by atoms with Crippen LogP contribution in [0.1, 0.15) is 12.5 Å². The molecule has 1 atom stereocenters. The van der Waals surface area contributed by atoms with Gasteiger partial charge in [0.2, 0.25) is 0 Å². The van der Waals surface area contributed by atoms with Gasteiger partial charge >= 0.3 is 0 Å². The average molecular weight is 318 g/mol. The van der Waals surface area contributed by atoms with Gasteiger partial charge < -0.3 is 24.6 Å². The van der Waals surface area contributed by atoms with E-state index in [0.717, 1.165) is 12.1 Å². The van der Waals surface area contributed by atoms with Gasteiger partial charge in [-0.1, -0.05) is 23.7 Å². The van der Waals surface area contributed by atoms with Crippen LogP contribution in [0.15, 0.2) is 18.2 Å². The van der Waals surface area contributed by atoms with Crippen LogP contribution in [-0.2, 0) is 16.0 Å². The Labute approximate surface area is 131 Å². The van der Waals surface area contributed by atoms with Crippen molar-refractivity contribution in [3.05, 3.63) is 28.8 Å². The topological polar surface area (TPSA) is 60.0 Å². The first-order chi connectivity index (χ1) is 10.2. The molecule has 0 aromatic heterocycles. The lowest BCUT2D eigenvalue weighted by molar-refractivity contribution is 0.0162. The zero-order valence-electron chi connectivity index (χ0n) is 12.6. The number of benzene rings is 1. The molecule has 0 amide bonds. The molecule has 0 aliphatic carbocycles. The van der Waals surface area contributed by atoms with Gasteiger partial charge in [0.25, 0.3) is 0 Å². The molecule has 0 spiro atoms. The Bertz CT molecular complexity index is 403. The number of methoxy groups -OCH3 is 1. The summed E-state index contributed by atoms with van der Waals surface area (Å²) in [6.45, 7) is 4.86. The number of hydrogen-bond donors (Lipinski definition) is 2. The second-order valence-corrected chi connectivity index (χ2v) is 4.93. The minimum atomic E-state index is -0.671. The first kappa shape index (κ1) is 18.2. The highest BCUT2D eigenvalue weighted by atomic mass is 35.5. The van der Waals surface area contributed by atoms with Crippen LogP contribution >= 0.6 is 11.6 Å². The fourth-order valence-electron chi connectivity index (χ4n) is 1.73. The molecular weight excluding hydrogens is 294 g/mol. The molecule has 0 bridgehead atoms. The van der Waals surface area contributed by atoms with Crippen LogP contribution in [0.2, 0.25) is 5.02 Å². The monoisotopic (exact) mass is 317 g/mol. The molecule has 2 N–H and O–H groups in total. The fraction of sp³-hybridized carbons (Fsp3) is 0.600. The summed E-state index contributed by atoms with van der Waals surface area (Å²) in [6, 6.07) is 5.58. The maximum atomic E-state index is 9.74. The standard InChI is InChI=1S/C15H24ClNO4/c1-3-20-10-13(18)11-21-15-12(5-4-6-14(15)16)9-17-7-8-19-2/h4-6,13,17-18H,3,7-11H2,1-2H3. The maximum Gasteiger partial charge on any atom is 0.142 e. The molecule has 0 heterocycles. The Kier molecular flexibility index (Phi) is 9.37. The lowest BCUT2D eigenvalue weighted by Crippen LogP contribution is -2.24. The van der Waals surface area contributed by atoms with E-state index in [-0.39, 0.29) is 13.2 Å². The molecule has 0 radical (unpaired) electrons. The third-order valence-electron chi connectivity index (χ3n) is 2.78. The Morgan fingerprint density at radius 1 is 1.33 bits per heavy atom. The molecule has 6 heteroatoms. The molecule has 120 valence electrons. The Morgan fingerprint density at radius 2 is 2.14 bits per heavy atom. The summed E-state index contributed by atoms with van der Waals surface area (Å²) in [5.74, 6) is 0.597. The van der Waals surface area contributed by atoms with Crippen molar-refractivity contribution < 1.29 is 19.3 Å². The van der Waals surface area contributed by atoms with Crippen molar-refractivity contribution in [1.29, 1.82) is 0 Å². The van der Waals surface area contributed by atoms with E-state index < -0.39 is 6.10 Å². The van der Waals surface area contributed by atoms with Crippen LogP contribution in [0.25, 0.3) is 0 Å². The molecule has 1 aromatic rings. The molecular formula is C15H24ClNO4. The van der Waals surface area contributed by atoms with E-state index in [1.807, 2.05) is 19.1 Å². The number of aliphatic hydroxyl groups is 1. The third kappa shape index (κ3) is 7.11. The van der Waals surface area contributed by atoms with Crippen LogP contribution in [0.4, 0.5) is 0 Å². The normalized spacial score (nSPS) is 12.4. The Balaban J connectivity index is 2.54. The molecule has 5 nitrogen and oxygen atoms in total. The second-order valence-electron chi connectivity index (χ2n) is 4.52. The molecule has 0 aliphatic rings. The summed E-state index contributed by atoms with van der Waals surface area (Å²) in [5.41, 5.74) is 0.946. The lowest BCUT2D eigenvalue weighted by atomic mass is 10.2. The van der Waals surface area contributed by atoms with Crippen LogP contribution in [0.5, 0.6) is 5.75 Å². The summed E-state index contributed by atoms with van der Waals surface area (Å²) >= 11 is 6.17. The molecule has 1 unspecified atom stereocenters. The van der Waals surface area contributed by atoms with Crippen molar-refractivity contribution in [2.75, 3.05) is 40.1 Å². The first-order valence-electron chi connectivity index (χ1n) is 7.04. The molecule has 0 aliphatic heterocycles. The number of hydrogen-bond acceptors (Lipinski definition) is 5. The molecule has 1 rings (SSSR count). The quantitative estimate of drug-likeness (QED) is 0.610. The first-order valence-corrected chi connectivity index (χ1v) is 7.42. The number of nitrogens with one attached hydrogen (secondary N) is 1. The van der Waals surface area contributed by atoms with E-state index in [2.05, 4.69) is 5.32 Å². The molecule has 0 saturated carbocycles. The van der Waals surface area contributed by atoms with E-state index in [1.165, 1.54) is 0 Å². The van der Waals surface area contributed by atoms with Gasteiger partial charge in [0.15, 0.2) is 0 Å². The number of halogens is 1. The van der Waals surface area contributed by atoms with Crippen LogP contribution in [-0.4, -0.2) is 51.3 Å². The van der Waals surface area contributed by atoms with Crippen LogP contribution < -0.4 is 10.1 Å².